The fourth-order valence-corrected chi connectivity index (χ4v) is 0.687. The highest BCUT2D eigenvalue weighted by atomic mass is 16.5. The molecule has 3 N–H and O–H groups in total. The fraction of sp³-hybridized carbons (Fsp3) is 0.167. The third-order valence-corrected chi connectivity index (χ3v) is 1.38. The molecule has 0 aromatic carbocycles. The lowest BCUT2D eigenvalue weighted by atomic mass is 10.3. The molecule has 1 heterocycles. The first kappa shape index (κ1) is 8.41. The molecule has 0 saturated carbocycles. The van der Waals surface area contributed by atoms with E-state index in [9.17, 15) is 4.79 Å². The lowest BCUT2D eigenvalue weighted by Gasteiger charge is -2.18. The number of hydrogen-bond acceptors (Lipinski definition) is 5. The molecule has 1 amide bonds. The van der Waals surface area contributed by atoms with E-state index in [1.807, 2.05) is 0 Å². The van der Waals surface area contributed by atoms with Crippen molar-refractivity contribution in [2.24, 2.45) is 5.11 Å². The Morgan fingerprint density at radius 2 is 2.50 bits per heavy atom. The molecule has 0 aliphatic carbocycles. The van der Waals surface area contributed by atoms with Crippen LogP contribution in [0.2, 0.25) is 0 Å². The Kier molecular flexibility index (Phi) is 2.20. The predicted octanol–water partition coefficient (Wildman–Crippen LogP) is 0.541. The molecule has 0 saturated heterocycles. The van der Waals surface area contributed by atoms with Crippen molar-refractivity contribution >= 4 is 5.91 Å². The van der Waals surface area contributed by atoms with E-state index < -0.39 is 5.91 Å². The molecule has 12 heavy (non-hydrogen) atoms. The number of amides is 1. The zero-order valence-corrected chi connectivity index (χ0v) is 6.40. The van der Waals surface area contributed by atoms with Gasteiger partial charge in [-0.1, -0.05) is 0 Å². The summed E-state index contributed by atoms with van der Waals surface area (Å²) < 4.78 is 0. The molecule has 0 spiro atoms. The Morgan fingerprint density at radius 1 is 1.83 bits per heavy atom. The van der Waals surface area contributed by atoms with Gasteiger partial charge in [-0.15, -0.1) is 5.11 Å². The minimum Gasteiger partial charge on any atom is -0.354 e. The number of allylic oxidation sites excluding steroid dienone is 1. The summed E-state index contributed by atoms with van der Waals surface area (Å²) in [5, 5.41) is 15.1. The number of nitrogens with one attached hydrogen (secondary N) is 2. The van der Waals surface area contributed by atoms with Crippen molar-refractivity contribution in [3.05, 3.63) is 23.8 Å². The first-order valence-corrected chi connectivity index (χ1v) is 3.20. The SMILES string of the molecule is CC1=CNC(C(=O)N=N)=CN1O. The molecular formula is C6H8N4O2. The van der Waals surface area contributed by atoms with E-state index in [2.05, 4.69) is 10.4 Å². The Bertz CT molecular complexity index is 281. The van der Waals surface area contributed by atoms with E-state index in [1.54, 1.807) is 6.92 Å². The van der Waals surface area contributed by atoms with Gasteiger partial charge < -0.3 is 5.32 Å². The highest BCUT2D eigenvalue weighted by molar-refractivity contribution is 5.93. The van der Waals surface area contributed by atoms with Gasteiger partial charge in [-0.3, -0.25) is 10.0 Å². The van der Waals surface area contributed by atoms with E-state index in [0.717, 1.165) is 11.3 Å². The summed E-state index contributed by atoms with van der Waals surface area (Å²) in [5.41, 5.74) is 7.05. The summed E-state index contributed by atoms with van der Waals surface area (Å²) in [5.74, 6) is -0.724. The first-order valence-electron chi connectivity index (χ1n) is 3.20. The molecule has 1 aliphatic rings. The Balaban J connectivity index is 2.79. The largest absolute Gasteiger partial charge is 0.354 e. The number of nitrogens with zero attached hydrogens (tertiary/aromatic N) is 2. The number of carbonyl (C=O) groups excluding carboxylic acids is 1. The summed E-state index contributed by atoms with van der Waals surface area (Å²) >= 11 is 0. The molecule has 1 rings (SSSR count). The maximum absolute atomic E-state index is 10.8. The van der Waals surface area contributed by atoms with Crippen LogP contribution in [-0.4, -0.2) is 16.2 Å². The van der Waals surface area contributed by atoms with Crippen LogP contribution in [0.5, 0.6) is 0 Å². The van der Waals surface area contributed by atoms with Crippen molar-refractivity contribution in [3.63, 3.8) is 0 Å². The Labute approximate surface area is 68.6 Å². The maximum Gasteiger partial charge on any atom is 0.312 e. The monoisotopic (exact) mass is 168 g/mol. The molecule has 0 fully saturated rings. The van der Waals surface area contributed by atoms with Crippen LogP contribution in [0.25, 0.3) is 0 Å². The average Bonchev–Trinajstić information content (AvgIpc) is 2.08. The van der Waals surface area contributed by atoms with Gasteiger partial charge in [0.05, 0.1) is 11.9 Å². The standard InChI is InChI=1S/C6H8N4O2/c1-4-2-8-5(3-10(4)12)6(11)9-7/h2-3,7-8,12H,1H3. The van der Waals surface area contributed by atoms with Crippen LogP contribution in [0.1, 0.15) is 6.92 Å². The lowest BCUT2D eigenvalue weighted by molar-refractivity contribution is -0.115. The van der Waals surface area contributed by atoms with Crippen LogP contribution < -0.4 is 5.32 Å². The van der Waals surface area contributed by atoms with E-state index in [-0.39, 0.29) is 5.70 Å². The molecule has 6 nitrogen and oxygen atoms in total. The molecule has 64 valence electrons. The number of hydroxylamine groups is 2. The van der Waals surface area contributed by atoms with Crippen LogP contribution in [-0.2, 0) is 4.79 Å². The molecule has 0 aromatic heterocycles. The second kappa shape index (κ2) is 3.14. The highest BCUT2D eigenvalue weighted by Gasteiger charge is 2.13. The van der Waals surface area contributed by atoms with E-state index >= 15 is 0 Å². The Morgan fingerprint density at radius 3 is 3.00 bits per heavy atom. The van der Waals surface area contributed by atoms with Gasteiger partial charge in [0.15, 0.2) is 0 Å². The van der Waals surface area contributed by atoms with Gasteiger partial charge in [0.2, 0.25) is 0 Å². The van der Waals surface area contributed by atoms with Gasteiger partial charge in [-0.05, 0) is 6.92 Å². The highest BCUT2D eigenvalue weighted by Crippen LogP contribution is 2.08. The van der Waals surface area contributed by atoms with Crippen molar-refractivity contribution in [3.8, 4) is 0 Å². The number of rotatable bonds is 1. The first-order chi connectivity index (χ1) is 5.65. The van der Waals surface area contributed by atoms with Gasteiger partial charge >= 0.3 is 5.91 Å². The fourth-order valence-electron chi connectivity index (χ4n) is 0.687. The third kappa shape index (κ3) is 1.48. The molecule has 0 atom stereocenters. The minimum atomic E-state index is -0.724. The third-order valence-electron chi connectivity index (χ3n) is 1.38. The predicted molar refractivity (Wildman–Crippen MR) is 38.8 cm³/mol. The smallest absolute Gasteiger partial charge is 0.312 e. The van der Waals surface area contributed by atoms with Crippen molar-refractivity contribution in [2.45, 2.75) is 6.92 Å². The van der Waals surface area contributed by atoms with Gasteiger partial charge in [0, 0.05) is 6.20 Å². The van der Waals surface area contributed by atoms with Gasteiger partial charge in [0.1, 0.15) is 5.70 Å². The van der Waals surface area contributed by atoms with Crippen molar-refractivity contribution in [1.29, 1.82) is 5.53 Å². The number of carbonyl (C=O) groups is 1. The summed E-state index contributed by atoms with van der Waals surface area (Å²) in [7, 11) is 0. The zero-order chi connectivity index (χ0) is 9.14. The summed E-state index contributed by atoms with van der Waals surface area (Å²) in [4.78, 5) is 10.8. The molecule has 0 aromatic rings. The summed E-state index contributed by atoms with van der Waals surface area (Å²) in [6.45, 7) is 1.66. The molecule has 1 aliphatic heterocycles. The lowest BCUT2D eigenvalue weighted by Crippen LogP contribution is -2.25. The quantitative estimate of drug-likeness (QED) is 0.498. The second-order valence-electron chi connectivity index (χ2n) is 2.23. The molecule has 0 radical (unpaired) electrons. The van der Waals surface area contributed by atoms with E-state index in [4.69, 9.17) is 10.7 Å². The van der Waals surface area contributed by atoms with Crippen LogP contribution in [0.15, 0.2) is 28.9 Å². The zero-order valence-electron chi connectivity index (χ0n) is 6.40. The van der Waals surface area contributed by atoms with Crippen LogP contribution in [0, 0.1) is 5.53 Å². The molecule has 0 unspecified atom stereocenters. The summed E-state index contributed by atoms with van der Waals surface area (Å²) in [6, 6.07) is 0. The Hall–Kier alpha value is -1.69. The second-order valence-corrected chi connectivity index (χ2v) is 2.23. The van der Waals surface area contributed by atoms with Crippen LogP contribution in [0.3, 0.4) is 0 Å². The minimum absolute atomic E-state index is 0.0677. The van der Waals surface area contributed by atoms with Crippen LogP contribution in [0.4, 0.5) is 0 Å². The molecule has 6 heteroatoms. The number of hydrogen-bond donors (Lipinski definition) is 3. The summed E-state index contributed by atoms with van der Waals surface area (Å²) in [6.07, 6.45) is 2.61. The normalized spacial score (nSPS) is 16.0. The van der Waals surface area contributed by atoms with Gasteiger partial charge in [-0.2, -0.15) is 0 Å². The average molecular weight is 168 g/mol. The van der Waals surface area contributed by atoms with E-state index in [0.29, 0.717) is 5.70 Å². The van der Waals surface area contributed by atoms with Crippen LogP contribution >= 0.6 is 0 Å². The van der Waals surface area contributed by atoms with E-state index in [1.165, 1.54) is 6.20 Å². The topological polar surface area (TPSA) is 88.8 Å². The van der Waals surface area contributed by atoms with Crippen molar-refractivity contribution in [1.82, 2.24) is 10.4 Å². The van der Waals surface area contributed by atoms with Gasteiger partial charge in [0.25, 0.3) is 0 Å². The molecular weight excluding hydrogens is 160 g/mol. The van der Waals surface area contributed by atoms with Gasteiger partial charge in [-0.25, -0.2) is 10.6 Å². The van der Waals surface area contributed by atoms with Crippen molar-refractivity contribution in [2.75, 3.05) is 0 Å². The maximum atomic E-state index is 10.8. The molecule has 0 bridgehead atoms. The van der Waals surface area contributed by atoms with Crippen molar-refractivity contribution < 1.29 is 10.0 Å².